The van der Waals surface area contributed by atoms with Crippen LogP contribution in [0.4, 0.5) is 4.39 Å². The van der Waals surface area contributed by atoms with Crippen LogP contribution < -0.4 is 15.9 Å². The molecule has 2 aromatic rings. The van der Waals surface area contributed by atoms with E-state index in [4.69, 9.17) is 26.1 Å². The first-order valence-corrected chi connectivity index (χ1v) is 9.45. The Morgan fingerprint density at radius 3 is 2.69 bits per heavy atom. The van der Waals surface area contributed by atoms with E-state index in [2.05, 4.69) is 10.3 Å². The standard InChI is InChI=1S/C21H20ClFN4O2/c1-28-20(29-2)10-25-21-18-7-14(13-3-5-16(23)6-4-13)11-27(18)12-15-8-19(22)24-9-17(15)26-21/h3-6,8-9,11-12,20,25H,7,10H2,1-2H3. The lowest BCUT2D eigenvalue weighted by atomic mass is 10.0. The third kappa shape index (κ3) is 4.17. The van der Waals surface area contributed by atoms with E-state index in [-0.39, 0.29) is 5.82 Å². The molecule has 0 aliphatic carbocycles. The van der Waals surface area contributed by atoms with Crippen molar-refractivity contribution >= 4 is 23.4 Å². The minimum absolute atomic E-state index is 0.258. The molecule has 0 atom stereocenters. The Labute approximate surface area is 172 Å². The van der Waals surface area contributed by atoms with Crippen LogP contribution in [0, 0.1) is 5.82 Å². The van der Waals surface area contributed by atoms with Gasteiger partial charge in [-0.15, -0.1) is 0 Å². The number of aromatic nitrogens is 1. The summed E-state index contributed by atoms with van der Waals surface area (Å²) in [5, 5.41) is 5.28. The maximum atomic E-state index is 13.3. The summed E-state index contributed by atoms with van der Waals surface area (Å²) in [5.74, 6) is 0.433. The van der Waals surface area contributed by atoms with Gasteiger partial charge in [-0.25, -0.2) is 14.4 Å². The van der Waals surface area contributed by atoms with Gasteiger partial charge in [0, 0.05) is 38.3 Å². The van der Waals surface area contributed by atoms with Gasteiger partial charge in [0.2, 0.25) is 0 Å². The van der Waals surface area contributed by atoms with E-state index in [0.29, 0.717) is 29.3 Å². The van der Waals surface area contributed by atoms with Crippen molar-refractivity contribution in [2.24, 2.45) is 4.99 Å². The van der Waals surface area contributed by atoms with Gasteiger partial charge in [0.15, 0.2) is 6.29 Å². The second-order valence-corrected chi connectivity index (χ2v) is 7.02. The van der Waals surface area contributed by atoms with Crippen molar-refractivity contribution in [2.45, 2.75) is 12.7 Å². The Balaban J connectivity index is 1.76. The molecule has 2 aliphatic heterocycles. The normalized spacial score (nSPS) is 15.3. The Kier molecular flexibility index (Phi) is 5.62. The summed E-state index contributed by atoms with van der Waals surface area (Å²) in [6, 6.07) is 8.25. The van der Waals surface area contributed by atoms with Crippen molar-refractivity contribution < 1.29 is 13.9 Å². The molecule has 0 unspecified atom stereocenters. The predicted octanol–water partition coefficient (Wildman–Crippen LogP) is 2.37. The van der Waals surface area contributed by atoms with Crippen LogP contribution in [-0.4, -0.2) is 36.9 Å². The Morgan fingerprint density at radius 1 is 1.21 bits per heavy atom. The van der Waals surface area contributed by atoms with Gasteiger partial charge in [-0.3, -0.25) is 0 Å². The van der Waals surface area contributed by atoms with Crippen LogP contribution in [0.5, 0.6) is 0 Å². The van der Waals surface area contributed by atoms with Crippen LogP contribution in [-0.2, 0) is 9.47 Å². The lowest BCUT2D eigenvalue weighted by Gasteiger charge is -2.18. The Hall–Kier alpha value is -2.74. The van der Waals surface area contributed by atoms with Crippen LogP contribution in [0.2, 0.25) is 5.15 Å². The van der Waals surface area contributed by atoms with Gasteiger partial charge in [-0.2, -0.15) is 0 Å². The fraction of sp³-hybridized carbons (Fsp3) is 0.238. The molecule has 0 saturated carbocycles. The number of rotatable bonds is 6. The smallest absolute Gasteiger partial charge is 0.173 e. The number of ether oxygens (including phenoxy) is 2. The number of nitrogens with zero attached hydrogens (tertiary/aromatic N) is 3. The molecular formula is C21H20ClFN4O2. The fourth-order valence-corrected chi connectivity index (χ4v) is 3.44. The van der Waals surface area contributed by atoms with Crippen LogP contribution >= 0.6 is 11.6 Å². The number of methoxy groups -OCH3 is 2. The van der Waals surface area contributed by atoms with Crippen molar-refractivity contribution in [1.82, 2.24) is 15.2 Å². The van der Waals surface area contributed by atoms with Gasteiger partial charge in [0.05, 0.1) is 23.8 Å². The number of hydrogen-bond donors (Lipinski definition) is 1. The summed E-state index contributed by atoms with van der Waals surface area (Å²) >= 11 is 6.08. The fourth-order valence-electron chi connectivity index (χ4n) is 3.28. The second kappa shape index (κ2) is 8.32. The van der Waals surface area contributed by atoms with E-state index in [0.717, 1.165) is 22.1 Å². The number of fused-ring (bicyclic) bond motifs is 2. The molecule has 2 aliphatic rings. The monoisotopic (exact) mass is 414 g/mol. The SMILES string of the molecule is COC(CNC1=C2CC(c3ccc(F)cc3)=CN2C=c2cc(Cl)ncc2=N1)OC. The molecule has 4 rings (SSSR count). The maximum absolute atomic E-state index is 13.3. The molecule has 0 radical (unpaired) electrons. The molecule has 8 heteroatoms. The van der Waals surface area contributed by atoms with Gasteiger partial charge in [-0.05, 0) is 29.3 Å². The zero-order valence-corrected chi connectivity index (χ0v) is 16.8. The van der Waals surface area contributed by atoms with Gasteiger partial charge < -0.3 is 19.7 Å². The highest BCUT2D eigenvalue weighted by molar-refractivity contribution is 6.29. The summed E-state index contributed by atoms with van der Waals surface area (Å²) < 4.78 is 23.9. The number of nitrogens with one attached hydrogen (secondary N) is 1. The maximum Gasteiger partial charge on any atom is 0.173 e. The first-order chi connectivity index (χ1) is 14.1. The van der Waals surface area contributed by atoms with E-state index >= 15 is 0 Å². The van der Waals surface area contributed by atoms with Crippen molar-refractivity contribution in [3.63, 3.8) is 0 Å². The van der Waals surface area contributed by atoms with E-state index in [1.807, 2.05) is 17.3 Å². The number of benzene rings is 1. The van der Waals surface area contributed by atoms with Crippen LogP contribution in [0.1, 0.15) is 12.0 Å². The van der Waals surface area contributed by atoms with Gasteiger partial charge in [0.1, 0.15) is 16.8 Å². The summed E-state index contributed by atoms with van der Waals surface area (Å²) in [7, 11) is 3.17. The third-order valence-electron chi connectivity index (χ3n) is 4.81. The van der Waals surface area contributed by atoms with Crippen molar-refractivity contribution in [3.8, 4) is 0 Å². The molecule has 29 heavy (non-hydrogen) atoms. The highest BCUT2D eigenvalue weighted by Crippen LogP contribution is 2.34. The van der Waals surface area contributed by atoms with Gasteiger partial charge in [0.25, 0.3) is 0 Å². The summed E-state index contributed by atoms with van der Waals surface area (Å²) in [5.41, 5.74) is 2.98. The highest BCUT2D eigenvalue weighted by atomic mass is 35.5. The molecule has 0 spiro atoms. The minimum atomic E-state index is -0.410. The summed E-state index contributed by atoms with van der Waals surface area (Å²) in [4.78, 5) is 10.9. The summed E-state index contributed by atoms with van der Waals surface area (Å²) in [6.45, 7) is 0.422. The zero-order chi connectivity index (χ0) is 20.4. The van der Waals surface area contributed by atoms with E-state index in [1.54, 1.807) is 38.6 Å². The molecule has 150 valence electrons. The van der Waals surface area contributed by atoms with Crippen molar-refractivity contribution in [3.05, 3.63) is 81.4 Å². The molecule has 1 aromatic carbocycles. The van der Waals surface area contributed by atoms with E-state index < -0.39 is 6.29 Å². The summed E-state index contributed by atoms with van der Waals surface area (Å²) in [6.07, 6.45) is 5.86. The number of hydrogen-bond acceptors (Lipinski definition) is 6. The van der Waals surface area contributed by atoms with Crippen LogP contribution in [0.15, 0.2) is 59.2 Å². The first kappa shape index (κ1) is 19.6. The molecule has 0 saturated heterocycles. The topological polar surface area (TPSA) is 59.0 Å². The van der Waals surface area contributed by atoms with Crippen LogP contribution in [0.25, 0.3) is 11.8 Å². The molecule has 6 nitrogen and oxygen atoms in total. The number of halogens is 2. The largest absolute Gasteiger partial charge is 0.363 e. The molecule has 1 aromatic heterocycles. The Morgan fingerprint density at radius 2 is 1.97 bits per heavy atom. The van der Waals surface area contributed by atoms with E-state index in [1.165, 1.54) is 12.1 Å². The molecule has 0 bridgehead atoms. The Bertz CT molecular complexity index is 1090. The molecule has 0 amide bonds. The number of allylic oxidation sites excluding steroid dienone is 1. The molecular weight excluding hydrogens is 395 g/mol. The van der Waals surface area contributed by atoms with Crippen molar-refractivity contribution in [2.75, 3.05) is 20.8 Å². The molecule has 3 heterocycles. The average molecular weight is 415 g/mol. The lowest BCUT2D eigenvalue weighted by molar-refractivity contribution is -0.0976. The lowest BCUT2D eigenvalue weighted by Crippen LogP contribution is -2.31. The third-order valence-corrected chi connectivity index (χ3v) is 5.01. The van der Waals surface area contributed by atoms with Gasteiger partial charge >= 0.3 is 0 Å². The minimum Gasteiger partial charge on any atom is -0.363 e. The quantitative estimate of drug-likeness (QED) is 0.581. The molecule has 1 N–H and O–H groups in total. The first-order valence-electron chi connectivity index (χ1n) is 9.07. The van der Waals surface area contributed by atoms with Gasteiger partial charge in [-0.1, -0.05) is 23.7 Å². The molecule has 0 fully saturated rings. The predicted molar refractivity (Wildman–Crippen MR) is 108 cm³/mol. The second-order valence-electron chi connectivity index (χ2n) is 6.63. The average Bonchev–Trinajstić information content (AvgIpc) is 3.07. The van der Waals surface area contributed by atoms with Crippen LogP contribution in [0.3, 0.4) is 0 Å². The zero-order valence-electron chi connectivity index (χ0n) is 16.0. The highest BCUT2D eigenvalue weighted by Gasteiger charge is 2.24. The number of pyridine rings is 1. The van der Waals surface area contributed by atoms with E-state index in [9.17, 15) is 4.39 Å². The van der Waals surface area contributed by atoms with Crippen molar-refractivity contribution in [1.29, 1.82) is 0 Å².